The maximum Gasteiger partial charge on any atom is 0.255 e. The van der Waals surface area contributed by atoms with Crippen molar-refractivity contribution in [3.63, 3.8) is 0 Å². The lowest BCUT2D eigenvalue weighted by Gasteiger charge is -2.19. The van der Waals surface area contributed by atoms with Crippen molar-refractivity contribution in [2.24, 2.45) is 0 Å². The molecule has 0 bridgehead atoms. The fourth-order valence-electron chi connectivity index (χ4n) is 1.18. The van der Waals surface area contributed by atoms with Gasteiger partial charge in [0, 0.05) is 29.4 Å². The predicted molar refractivity (Wildman–Crippen MR) is 67.5 cm³/mol. The minimum absolute atomic E-state index is 0.174. The predicted octanol–water partition coefficient (Wildman–Crippen LogP) is 3.15. The Morgan fingerprint density at radius 1 is 1.41 bits per heavy atom. The van der Waals surface area contributed by atoms with Gasteiger partial charge in [-0.15, -0.1) is 11.6 Å². The Morgan fingerprint density at radius 3 is 2.47 bits per heavy atom. The zero-order chi connectivity index (χ0) is 13.1. The van der Waals surface area contributed by atoms with E-state index >= 15 is 0 Å². The molecule has 0 N–H and O–H groups in total. The van der Waals surface area contributed by atoms with E-state index in [-0.39, 0.29) is 17.8 Å². The Hall–Kier alpha value is -0.490. The van der Waals surface area contributed by atoms with Gasteiger partial charge in [-0.2, -0.15) is 4.37 Å². The van der Waals surface area contributed by atoms with Gasteiger partial charge in [0.05, 0.1) is 6.54 Å². The maximum atomic E-state index is 12.4. The summed E-state index contributed by atoms with van der Waals surface area (Å²) in [6, 6.07) is 0. The summed E-state index contributed by atoms with van der Waals surface area (Å²) in [4.78, 5) is 5.77. The first-order chi connectivity index (χ1) is 7.84. The number of hydrogen-bond donors (Lipinski definition) is 0. The highest BCUT2D eigenvalue weighted by molar-refractivity contribution is 7.09. The fourth-order valence-corrected chi connectivity index (χ4v) is 2.28. The van der Waals surface area contributed by atoms with Crippen LogP contribution in [-0.4, -0.2) is 34.8 Å². The topological polar surface area (TPSA) is 29.0 Å². The monoisotopic (exact) mass is 283 g/mol. The third-order valence-corrected chi connectivity index (χ3v) is 3.02. The van der Waals surface area contributed by atoms with E-state index < -0.39 is 6.43 Å². The van der Waals surface area contributed by atoms with Gasteiger partial charge in [0.15, 0.2) is 0 Å². The second-order valence-electron chi connectivity index (χ2n) is 4.68. The molecule has 0 fully saturated rings. The van der Waals surface area contributed by atoms with Crippen molar-refractivity contribution in [1.29, 1.82) is 0 Å². The summed E-state index contributed by atoms with van der Waals surface area (Å²) in [5, 5.41) is 0.510. The number of alkyl halides is 3. The minimum atomic E-state index is -2.40. The molecule has 0 aliphatic carbocycles. The molecule has 0 atom stereocenters. The highest BCUT2D eigenvalue weighted by Crippen LogP contribution is 2.25. The molecule has 0 aliphatic rings. The van der Waals surface area contributed by atoms with E-state index in [2.05, 4.69) is 9.36 Å². The Morgan fingerprint density at radius 2 is 2.06 bits per heavy atom. The molecule has 3 nitrogen and oxygen atoms in total. The number of aromatic nitrogens is 2. The number of halogens is 3. The Labute approximate surface area is 109 Å². The van der Waals surface area contributed by atoms with E-state index in [0.717, 1.165) is 11.5 Å². The summed E-state index contributed by atoms with van der Waals surface area (Å²) in [6.07, 6.45) is -2.40. The number of hydrogen-bond acceptors (Lipinski definition) is 4. The molecule has 0 aliphatic heterocycles. The summed E-state index contributed by atoms with van der Waals surface area (Å²) >= 11 is 6.74. The molecule has 1 aromatic heterocycles. The van der Waals surface area contributed by atoms with Crippen molar-refractivity contribution in [3.8, 4) is 0 Å². The molecule has 7 heteroatoms. The lowest BCUT2D eigenvalue weighted by atomic mass is 9.96. The highest BCUT2D eigenvalue weighted by atomic mass is 35.5. The lowest BCUT2D eigenvalue weighted by Crippen LogP contribution is -2.30. The molecule has 17 heavy (non-hydrogen) atoms. The van der Waals surface area contributed by atoms with Crippen LogP contribution in [0.3, 0.4) is 0 Å². The van der Waals surface area contributed by atoms with Gasteiger partial charge in [0.2, 0.25) is 5.13 Å². The zero-order valence-corrected chi connectivity index (χ0v) is 11.7. The molecule has 1 aromatic rings. The molecule has 1 rings (SSSR count). The molecule has 0 radical (unpaired) electrons. The van der Waals surface area contributed by atoms with Crippen LogP contribution in [0, 0.1) is 0 Å². The normalized spacial score (nSPS) is 12.2. The van der Waals surface area contributed by atoms with Gasteiger partial charge >= 0.3 is 0 Å². The first-order valence-electron chi connectivity index (χ1n) is 5.28. The second kappa shape index (κ2) is 5.91. The highest BCUT2D eigenvalue weighted by Gasteiger charge is 2.22. The van der Waals surface area contributed by atoms with E-state index in [1.165, 1.54) is 4.90 Å². The molecule has 1 heterocycles. The van der Waals surface area contributed by atoms with Crippen molar-refractivity contribution >= 4 is 28.3 Å². The van der Waals surface area contributed by atoms with Gasteiger partial charge < -0.3 is 4.90 Å². The first kappa shape index (κ1) is 14.6. The fraction of sp³-hybridized carbons (Fsp3) is 0.800. The van der Waals surface area contributed by atoms with Gasteiger partial charge in [0.1, 0.15) is 5.82 Å². The molecular formula is C10H16ClF2N3S. The van der Waals surface area contributed by atoms with Gasteiger partial charge in [-0.25, -0.2) is 13.8 Å². The summed E-state index contributed by atoms with van der Waals surface area (Å²) in [7, 11) is 0. The quantitative estimate of drug-likeness (QED) is 0.778. The van der Waals surface area contributed by atoms with Gasteiger partial charge in [-0.05, 0) is 0 Å². The van der Waals surface area contributed by atoms with Gasteiger partial charge in [-0.1, -0.05) is 20.8 Å². The van der Waals surface area contributed by atoms with E-state index in [1.807, 2.05) is 20.8 Å². The molecular weight excluding hydrogens is 268 g/mol. The largest absolute Gasteiger partial charge is 0.340 e. The second-order valence-corrected chi connectivity index (χ2v) is 5.78. The SMILES string of the molecule is CC(C)(C)c1nsc(N(CCCl)CC(F)F)n1. The average molecular weight is 284 g/mol. The molecule has 0 amide bonds. The summed E-state index contributed by atoms with van der Waals surface area (Å²) in [5.41, 5.74) is -0.174. The molecule has 0 unspecified atom stereocenters. The standard InChI is InChI=1S/C10H16ClF2N3S/c1-10(2,3)8-14-9(17-15-8)16(5-4-11)6-7(12)13/h7H,4-6H2,1-3H3. The smallest absolute Gasteiger partial charge is 0.255 e. The first-order valence-corrected chi connectivity index (χ1v) is 6.58. The molecule has 0 spiro atoms. The number of rotatable bonds is 5. The van der Waals surface area contributed by atoms with E-state index in [0.29, 0.717) is 17.5 Å². The van der Waals surface area contributed by atoms with Crippen LogP contribution in [0.25, 0.3) is 0 Å². The van der Waals surface area contributed by atoms with Crippen LogP contribution >= 0.6 is 23.1 Å². The van der Waals surface area contributed by atoms with Crippen LogP contribution in [0.4, 0.5) is 13.9 Å². The Bertz CT molecular complexity index is 352. The van der Waals surface area contributed by atoms with E-state index in [4.69, 9.17) is 11.6 Å². The van der Waals surface area contributed by atoms with Crippen LogP contribution < -0.4 is 4.90 Å². The van der Waals surface area contributed by atoms with Crippen molar-refractivity contribution in [3.05, 3.63) is 5.82 Å². The maximum absolute atomic E-state index is 12.4. The van der Waals surface area contributed by atoms with Crippen LogP contribution in [0.1, 0.15) is 26.6 Å². The van der Waals surface area contributed by atoms with Gasteiger partial charge in [-0.3, -0.25) is 0 Å². The van der Waals surface area contributed by atoms with Crippen molar-refractivity contribution in [1.82, 2.24) is 9.36 Å². The third kappa shape index (κ3) is 4.35. The molecule has 0 aromatic carbocycles. The van der Waals surface area contributed by atoms with Gasteiger partial charge in [0.25, 0.3) is 6.43 Å². The van der Waals surface area contributed by atoms with Crippen LogP contribution in [0.15, 0.2) is 0 Å². The van der Waals surface area contributed by atoms with Crippen molar-refractivity contribution < 1.29 is 8.78 Å². The zero-order valence-electron chi connectivity index (χ0n) is 10.1. The van der Waals surface area contributed by atoms with Crippen LogP contribution in [0.5, 0.6) is 0 Å². The number of anilines is 1. The molecule has 98 valence electrons. The Kier molecular flexibility index (Phi) is 5.06. The van der Waals surface area contributed by atoms with Crippen LogP contribution in [0.2, 0.25) is 0 Å². The van der Waals surface area contributed by atoms with Crippen molar-refractivity contribution in [2.75, 3.05) is 23.9 Å². The van der Waals surface area contributed by atoms with E-state index in [9.17, 15) is 8.78 Å². The summed E-state index contributed by atoms with van der Waals surface area (Å²) in [6.45, 7) is 5.95. The average Bonchev–Trinajstić information content (AvgIpc) is 2.64. The summed E-state index contributed by atoms with van der Waals surface area (Å²) in [5.74, 6) is 0.961. The van der Waals surface area contributed by atoms with Crippen LogP contribution in [-0.2, 0) is 5.41 Å². The minimum Gasteiger partial charge on any atom is -0.340 e. The molecule has 0 saturated carbocycles. The summed E-state index contributed by atoms with van der Waals surface area (Å²) < 4.78 is 29.0. The molecule has 0 saturated heterocycles. The van der Waals surface area contributed by atoms with Crippen molar-refractivity contribution in [2.45, 2.75) is 32.6 Å². The van der Waals surface area contributed by atoms with E-state index in [1.54, 1.807) is 0 Å². The third-order valence-electron chi connectivity index (χ3n) is 2.07. The number of nitrogens with zero attached hydrogens (tertiary/aromatic N) is 3. The Balaban J connectivity index is 2.84. The lowest BCUT2D eigenvalue weighted by molar-refractivity contribution is 0.155.